The molecule has 0 aliphatic carbocycles. The lowest BCUT2D eigenvalue weighted by atomic mass is 10.2. The lowest BCUT2D eigenvalue weighted by Gasteiger charge is -2.22. The Balaban J connectivity index is 2.08. The number of esters is 1. The Labute approximate surface area is 92.2 Å². The third-order valence-corrected chi connectivity index (χ3v) is 3.46. The third-order valence-electron chi connectivity index (χ3n) is 2.28. The molecule has 1 aliphatic rings. The minimum Gasteiger partial charge on any atom is -0.465 e. The van der Waals surface area contributed by atoms with Crippen molar-refractivity contribution in [3.05, 3.63) is 21.9 Å². The molecule has 0 saturated carbocycles. The predicted molar refractivity (Wildman–Crippen MR) is 57.2 cm³/mol. The molecule has 1 unspecified atom stereocenters. The molecule has 0 aromatic carbocycles. The van der Waals surface area contributed by atoms with E-state index in [0.717, 1.165) is 18.0 Å². The van der Waals surface area contributed by atoms with Crippen molar-refractivity contribution in [1.29, 1.82) is 0 Å². The number of ether oxygens (including phenoxy) is 2. The molecular weight excluding hydrogens is 214 g/mol. The fraction of sp³-hybridized carbons (Fsp3) is 0.500. The molecule has 1 saturated heterocycles. The van der Waals surface area contributed by atoms with Gasteiger partial charge in [-0.25, -0.2) is 4.79 Å². The van der Waals surface area contributed by atoms with Gasteiger partial charge in [0, 0.05) is 11.4 Å². The SMILES string of the molecule is COC(=O)c1ccc(C2COCCN2)s1. The van der Waals surface area contributed by atoms with Crippen molar-refractivity contribution < 1.29 is 14.3 Å². The fourth-order valence-electron chi connectivity index (χ4n) is 1.50. The molecule has 0 radical (unpaired) electrons. The standard InChI is InChI=1S/C10H13NO3S/c1-13-10(12)9-3-2-8(15-9)7-6-14-5-4-11-7/h2-3,7,11H,4-6H2,1H3. The molecule has 1 atom stereocenters. The summed E-state index contributed by atoms with van der Waals surface area (Å²) >= 11 is 1.46. The second-order valence-corrected chi connectivity index (χ2v) is 4.39. The zero-order chi connectivity index (χ0) is 10.7. The smallest absolute Gasteiger partial charge is 0.348 e. The Hall–Kier alpha value is -0.910. The Bertz CT molecular complexity index is 344. The van der Waals surface area contributed by atoms with Gasteiger partial charge in [0.2, 0.25) is 0 Å². The highest BCUT2D eigenvalue weighted by atomic mass is 32.1. The molecular formula is C10H13NO3S. The molecule has 0 spiro atoms. The van der Waals surface area contributed by atoms with Crippen LogP contribution in [0.2, 0.25) is 0 Å². The quantitative estimate of drug-likeness (QED) is 0.771. The van der Waals surface area contributed by atoms with Gasteiger partial charge < -0.3 is 14.8 Å². The van der Waals surface area contributed by atoms with Gasteiger partial charge >= 0.3 is 5.97 Å². The molecule has 0 amide bonds. The summed E-state index contributed by atoms with van der Waals surface area (Å²) in [5.41, 5.74) is 0. The number of morpholine rings is 1. The van der Waals surface area contributed by atoms with Gasteiger partial charge in [-0.1, -0.05) is 0 Å². The maximum absolute atomic E-state index is 11.2. The number of methoxy groups -OCH3 is 1. The van der Waals surface area contributed by atoms with E-state index in [9.17, 15) is 4.79 Å². The van der Waals surface area contributed by atoms with E-state index in [1.165, 1.54) is 18.4 Å². The van der Waals surface area contributed by atoms with Gasteiger partial charge in [0.25, 0.3) is 0 Å². The molecule has 1 aromatic heterocycles. The summed E-state index contributed by atoms with van der Waals surface area (Å²) in [5.74, 6) is -0.275. The average Bonchev–Trinajstić information content (AvgIpc) is 2.78. The van der Waals surface area contributed by atoms with Crippen LogP contribution in [0.1, 0.15) is 20.6 Å². The van der Waals surface area contributed by atoms with Crippen LogP contribution in [0.3, 0.4) is 0 Å². The number of rotatable bonds is 2. The van der Waals surface area contributed by atoms with Crippen LogP contribution < -0.4 is 5.32 Å². The summed E-state index contributed by atoms with van der Waals surface area (Å²) in [6.45, 7) is 2.28. The van der Waals surface area contributed by atoms with Gasteiger partial charge in [0.05, 0.1) is 26.4 Å². The van der Waals surface area contributed by atoms with Crippen LogP contribution in [0.25, 0.3) is 0 Å². The highest BCUT2D eigenvalue weighted by Crippen LogP contribution is 2.25. The van der Waals surface area contributed by atoms with E-state index in [2.05, 4.69) is 10.1 Å². The van der Waals surface area contributed by atoms with Crippen molar-refractivity contribution in [2.45, 2.75) is 6.04 Å². The first-order chi connectivity index (χ1) is 7.31. The first-order valence-electron chi connectivity index (χ1n) is 4.80. The normalized spacial score (nSPS) is 21.3. The van der Waals surface area contributed by atoms with E-state index in [1.807, 2.05) is 6.07 Å². The van der Waals surface area contributed by atoms with Gasteiger partial charge in [-0.15, -0.1) is 11.3 Å². The van der Waals surface area contributed by atoms with Gasteiger partial charge in [-0.3, -0.25) is 0 Å². The third kappa shape index (κ3) is 2.37. The van der Waals surface area contributed by atoms with E-state index < -0.39 is 0 Å². The maximum atomic E-state index is 11.2. The van der Waals surface area contributed by atoms with Crippen molar-refractivity contribution in [1.82, 2.24) is 5.32 Å². The minimum atomic E-state index is -0.275. The van der Waals surface area contributed by atoms with E-state index in [4.69, 9.17) is 4.74 Å². The summed E-state index contributed by atoms with van der Waals surface area (Å²) in [7, 11) is 1.39. The van der Waals surface area contributed by atoms with E-state index >= 15 is 0 Å². The highest BCUT2D eigenvalue weighted by molar-refractivity contribution is 7.14. The highest BCUT2D eigenvalue weighted by Gasteiger charge is 2.18. The van der Waals surface area contributed by atoms with Crippen molar-refractivity contribution in [3.8, 4) is 0 Å². The van der Waals surface area contributed by atoms with Gasteiger partial charge in [0.1, 0.15) is 4.88 Å². The summed E-state index contributed by atoms with van der Waals surface area (Å²) in [4.78, 5) is 13.0. The van der Waals surface area contributed by atoms with E-state index in [1.54, 1.807) is 6.07 Å². The van der Waals surface area contributed by atoms with Crippen LogP contribution in [-0.4, -0.2) is 32.8 Å². The number of nitrogens with one attached hydrogen (secondary N) is 1. The van der Waals surface area contributed by atoms with Crippen LogP contribution in [0, 0.1) is 0 Å². The van der Waals surface area contributed by atoms with Crippen molar-refractivity contribution in [2.24, 2.45) is 0 Å². The predicted octanol–water partition coefficient (Wildman–Crippen LogP) is 1.20. The van der Waals surface area contributed by atoms with Crippen LogP contribution in [0.4, 0.5) is 0 Å². The minimum absolute atomic E-state index is 0.210. The molecule has 1 aliphatic heterocycles. The molecule has 1 aromatic rings. The average molecular weight is 227 g/mol. The maximum Gasteiger partial charge on any atom is 0.348 e. The molecule has 2 heterocycles. The second kappa shape index (κ2) is 4.74. The zero-order valence-corrected chi connectivity index (χ0v) is 9.30. The first-order valence-corrected chi connectivity index (χ1v) is 5.62. The lowest BCUT2D eigenvalue weighted by molar-refractivity contribution is 0.0606. The molecule has 2 rings (SSSR count). The van der Waals surface area contributed by atoms with E-state index in [0.29, 0.717) is 11.5 Å². The number of carbonyl (C=O) groups excluding carboxylic acids is 1. The molecule has 1 fully saturated rings. The Morgan fingerprint density at radius 1 is 1.67 bits per heavy atom. The molecule has 1 N–H and O–H groups in total. The van der Waals surface area contributed by atoms with E-state index in [-0.39, 0.29) is 12.0 Å². The first kappa shape index (κ1) is 10.6. The Kier molecular flexibility index (Phi) is 3.35. The van der Waals surface area contributed by atoms with Gasteiger partial charge in [-0.2, -0.15) is 0 Å². The van der Waals surface area contributed by atoms with Gasteiger partial charge in [0.15, 0.2) is 0 Å². The number of thiophene rings is 1. The largest absolute Gasteiger partial charge is 0.465 e. The fourth-order valence-corrected chi connectivity index (χ4v) is 2.48. The van der Waals surface area contributed by atoms with Crippen molar-refractivity contribution in [2.75, 3.05) is 26.9 Å². The second-order valence-electron chi connectivity index (χ2n) is 3.28. The zero-order valence-electron chi connectivity index (χ0n) is 8.49. The topological polar surface area (TPSA) is 47.6 Å². The van der Waals surface area contributed by atoms with Crippen molar-refractivity contribution in [3.63, 3.8) is 0 Å². The summed E-state index contributed by atoms with van der Waals surface area (Å²) in [6.07, 6.45) is 0. The van der Waals surface area contributed by atoms with Crippen LogP contribution in [-0.2, 0) is 9.47 Å². The number of hydrogen-bond acceptors (Lipinski definition) is 5. The summed E-state index contributed by atoms with van der Waals surface area (Å²) in [6, 6.07) is 3.95. The number of carbonyl (C=O) groups is 1. The Morgan fingerprint density at radius 3 is 3.20 bits per heavy atom. The monoisotopic (exact) mass is 227 g/mol. The molecule has 82 valence electrons. The molecule has 5 heteroatoms. The number of hydrogen-bond donors (Lipinski definition) is 1. The summed E-state index contributed by atoms with van der Waals surface area (Å²) < 4.78 is 10.0. The van der Waals surface area contributed by atoms with Crippen LogP contribution in [0.15, 0.2) is 12.1 Å². The summed E-state index contributed by atoms with van der Waals surface area (Å²) in [5, 5.41) is 3.34. The van der Waals surface area contributed by atoms with Crippen molar-refractivity contribution >= 4 is 17.3 Å². The lowest BCUT2D eigenvalue weighted by Crippen LogP contribution is -2.33. The molecule has 15 heavy (non-hydrogen) atoms. The van der Waals surface area contributed by atoms with Crippen LogP contribution in [0.5, 0.6) is 0 Å². The van der Waals surface area contributed by atoms with Gasteiger partial charge in [-0.05, 0) is 12.1 Å². The Morgan fingerprint density at radius 2 is 2.53 bits per heavy atom. The molecule has 0 bridgehead atoms. The van der Waals surface area contributed by atoms with Crippen LogP contribution >= 0.6 is 11.3 Å². The molecule has 4 nitrogen and oxygen atoms in total.